The molecule has 0 unspecified atom stereocenters. The van der Waals surface area contributed by atoms with Crippen molar-refractivity contribution in [3.63, 3.8) is 0 Å². The van der Waals surface area contributed by atoms with Crippen LogP contribution in [-0.4, -0.2) is 24.9 Å². The van der Waals surface area contributed by atoms with Gasteiger partial charge in [-0.15, -0.1) is 0 Å². The Hall–Kier alpha value is -6.65. The van der Waals surface area contributed by atoms with E-state index in [-0.39, 0.29) is 0 Å². The molecule has 0 fully saturated rings. The number of rotatable bonds is 7. The third kappa shape index (κ3) is 6.48. The Morgan fingerprint density at radius 1 is 0.500 bits per heavy atom. The highest BCUT2D eigenvalue weighted by atomic mass is 32.2. The van der Waals surface area contributed by atoms with Gasteiger partial charge in [0, 0.05) is 44.1 Å². The van der Waals surface area contributed by atoms with Crippen molar-refractivity contribution in [1.82, 2.24) is 24.9 Å². The van der Waals surface area contributed by atoms with Crippen LogP contribution in [0.15, 0.2) is 172 Å². The largest absolute Gasteiger partial charge is 0.455 e. The maximum atomic E-state index is 13.5. The first-order valence-electron chi connectivity index (χ1n) is 17.0. The van der Waals surface area contributed by atoms with E-state index in [1.54, 1.807) is 6.20 Å². The van der Waals surface area contributed by atoms with E-state index in [0.717, 1.165) is 44.5 Å². The smallest absolute Gasteiger partial charge is 0.416 e. The quantitative estimate of drug-likeness (QED) is 0.162. The van der Waals surface area contributed by atoms with E-state index in [1.165, 1.54) is 23.9 Å². The number of hydrogen-bond acceptors (Lipinski definition) is 7. The molecular formula is C44H26F3N5OS. The van der Waals surface area contributed by atoms with Crippen LogP contribution in [0.3, 0.4) is 0 Å². The van der Waals surface area contributed by atoms with E-state index in [0.29, 0.717) is 56.2 Å². The van der Waals surface area contributed by atoms with Crippen LogP contribution in [0.5, 0.6) is 0 Å². The van der Waals surface area contributed by atoms with Gasteiger partial charge in [0.15, 0.2) is 23.3 Å². The number of fused-ring (bicyclic) bond motifs is 3. The van der Waals surface area contributed by atoms with E-state index in [9.17, 15) is 13.2 Å². The normalized spacial score (nSPS) is 11.7. The lowest BCUT2D eigenvalue weighted by Gasteiger charge is -2.12. The monoisotopic (exact) mass is 729 g/mol. The maximum absolute atomic E-state index is 13.5. The molecule has 0 amide bonds. The molecule has 0 radical (unpaired) electrons. The molecule has 0 N–H and O–H groups in total. The van der Waals surface area contributed by atoms with Gasteiger partial charge in [-0.1, -0.05) is 115 Å². The first kappa shape index (κ1) is 33.2. The van der Waals surface area contributed by atoms with Crippen LogP contribution in [0.2, 0.25) is 0 Å². The van der Waals surface area contributed by atoms with Crippen molar-refractivity contribution in [2.24, 2.45) is 0 Å². The van der Waals surface area contributed by atoms with Crippen molar-refractivity contribution in [2.75, 3.05) is 0 Å². The zero-order chi connectivity index (χ0) is 36.6. The molecule has 0 saturated heterocycles. The molecule has 9 rings (SSSR count). The van der Waals surface area contributed by atoms with Gasteiger partial charge in [-0.3, -0.25) is 0 Å². The standard InChI is InChI=1S/C44H26F3N5OS/c45-44(46,47)31-22-19-27(20-23-31)38-37(54-32-15-8-3-9-16-32)26-48-43(49-38)34-18-10-17-33-35-25-30(21-24-36(35)53-39(33)34)42-51-40(28-11-4-1-5-12-28)50-41(52-42)29-13-6-2-7-14-29/h1-26H. The van der Waals surface area contributed by atoms with Crippen LogP contribution in [-0.2, 0) is 6.18 Å². The third-order valence-electron chi connectivity index (χ3n) is 8.91. The van der Waals surface area contributed by atoms with E-state index in [4.69, 9.17) is 29.3 Å². The molecule has 54 heavy (non-hydrogen) atoms. The van der Waals surface area contributed by atoms with Gasteiger partial charge in [0.2, 0.25) is 0 Å². The Labute approximate surface area is 311 Å². The van der Waals surface area contributed by atoms with Crippen LogP contribution >= 0.6 is 11.8 Å². The number of halogens is 3. The van der Waals surface area contributed by atoms with Crippen molar-refractivity contribution >= 4 is 33.7 Å². The molecule has 0 spiro atoms. The number of para-hydroxylation sites is 1. The van der Waals surface area contributed by atoms with Gasteiger partial charge in [0.1, 0.15) is 11.2 Å². The second kappa shape index (κ2) is 13.7. The van der Waals surface area contributed by atoms with Crippen LogP contribution in [0.4, 0.5) is 13.2 Å². The van der Waals surface area contributed by atoms with Gasteiger partial charge in [-0.05, 0) is 48.5 Å². The lowest BCUT2D eigenvalue weighted by Crippen LogP contribution is -2.04. The third-order valence-corrected chi connectivity index (χ3v) is 9.93. The molecule has 0 atom stereocenters. The van der Waals surface area contributed by atoms with Crippen molar-refractivity contribution in [2.45, 2.75) is 16.0 Å². The lowest BCUT2D eigenvalue weighted by atomic mass is 10.1. The van der Waals surface area contributed by atoms with Crippen LogP contribution < -0.4 is 0 Å². The molecule has 3 aromatic heterocycles. The fraction of sp³-hybridized carbons (Fsp3) is 0.0227. The molecule has 10 heteroatoms. The summed E-state index contributed by atoms with van der Waals surface area (Å²) >= 11 is 1.44. The number of nitrogens with zero attached hydrogens (tertiary/aromatic N) is 5. The number of furan rings is 1. The number of aromatic nitrogens is 5. The van der Waals surface area contributed by atoms with E-state index < -0.39 is 11.7 Å². The summed E-state index contributed by atoms with van der Waals surface area (Å²) < 4.78 is 46.9. The number of alkyl halides is 3. The zero-order valence-corrected chi connectivity index (χ0v) is 29.0. The minimum Gasteiger partial charge on any atom is -0.455 e. The average Bonchev–Trinajstić information content (AvgIpc) is 3.60. The van der Waals surface area contributed by atoms with E-state index >= 15 is 0 Å². The number of hydrogen-bond donors (Lipinski definition) is 0. The van der Waals surface area contributed by atoms with Gasteiger partial charge >= 0.3 is 6.18 Å². The van der Waals surface area contributed by atoms with Crippen LogP contribution in [0, 0.1) is 0 Å². The van der Waals surface area contributed by atoms with E-state index in [1.807, 2.05) is 127 Å². The van der Waals surface area contributed by atoms with Gasteiger partial charge in [0.05, 0.1) is 21.7 Å². The molecule has 9 aromatic rings. The lowest BCUT2D eigenvalue weighted by molar-refractivity contribution is -0.137. The molecule has 0 aliphatic carbocycles. The summed E-state index contributed by atoms with van der Waals surface area (Å²) in [4.78, 5) is 26.0. The summed E-state index contributed by atoms with van der Waals surface area (Å²) in [7, 11) is 0. The summed E-state index contributed by atoms with van der Waals surface area (Å²) in [5, 5.41) is 1.69. The van der Waals surface area contributed by atoms with Crippen molar-refractivity contribution in [3.8, 4) is 56.8 Å². The predicted molar refractivity (Wildman–Crippen MR) is 205 cm³/mol. The Balaban J connectivity index is 1.16. The Bertz CT molecular complexity index is 2720. The first-order chi connectivity index (χ1) is 26.4. The summed E-state index contributed by atoms with van der Waals surface area (Å²) in [5.74, 6) is 2.03. The molecule has 0 saturated carbocycles. The van der Waals surface area contributed by atoms with E-state index in [2.05, 4.69) is 0 Å². The predicted octanol–water partition coefficient (Wildman–Crippen LogP) is 12.1. The Morgan fingerprint density at radius 2 is 1.09 bits per heavy atom. The van der Waals surface area contributed by atoms with Crippen LogP contribution in [0.25, 0.3) is 78.7 Å². The molecule has 0 aliphatic heterocycles. The minimum atomic E-state index is -4.45. The van der Waals surface area contributed by atoms with Crippen molar-refractivity contribution in [1.29, 1.82) is 0 Å². The highest BCUT2D eigenvalue weighted by molar-refractivity contribution is 7.99. The molecular weight excluding hydrogens is 704 g/mol. The van der Waals surface area contributed by atoms with Gasteiger partial charge < -0.3 is 4.42 Å². The van der Waals surface area contributed by atoms with Crippen molar-refractivity contribution < 1.29 is 17.6 Å². The SMILES string of the molecule is FC(F)(F)c1ccc(-c2nc(-c3cccc4c3oc3ccc(-c5nc(-c6ccccc6)nc(-c6ccccc6)n5)cc34)ncc2Sc2ccccc2)cc1. The fourth-order valence-electron chi connectivity index (χ4n) is 6.27. The minimum absolute atomic E-state index is 0.379. The number of benzene rings is 6. The first-order valence-corrected chi connectivity index (χ1v) is 17.8. The van der Waals surface area contributed by atoms with Gasteiger partial charge in [-0.2, -0.15) is 13.2 Å². The van der Waals surface area contributed by atoms with Crippen LogP contribution in [0.1, 0.15) is 5.56 Å². The second-order valence-corrected chi connectivity index (χ2v) is 13.5. The van der Waals surface area contributed by atoms with Crippen molar-refractivity contribution in [3.05, 3.63) is 163 Å². The highest BCUT2D eigenvalue weighted by Crippen LogP contribution is 2.40. The van der Waals surface area contributed by atoms with Gasteiger partial charge in [-0.25, -0.2) is 24.9 Å². The topological polar surface area (TPSA) is 77.6 Å². The average molecular weight is 730 g/mol. The summed E-state index contributed by atoms with van der Waals surface area (Å²) in [6.45, 7) is 0. The van der Waals surface area contributed by atoms with Gasteiger partial charge in [0.25, 0.3) is 0 Å². The molecule has 0 aliphatic rings. The summed E-state index contributed by atoms with van der Waals surface area (Å²) in [5.41, 5.74) is 4.74. The summed E-state index contributed by atoms with van der Waals surface area (Å²) in [6.07, 6.45) is -2.74. The molecule has 6 nitrogen and oxygen atoms in total. The maximum Gasteiger partial charge on any atom is 0.416 e. The molecule has 6 aromatic carbocycles. The highest BCUT2D eigenvalue weighted by Gasteiger charge is 2.30. The second-order valence-electron chi connectivity index (χ2n) is 12.4. The Kier molecular flexibility index (Phi) is 8.44. The molecule has 0 bridgehead atoms. The Morgan fingerprint density at radius 3 is 1.72 bits per heavy atom. The molecule has 3 heterocycles. The molecule has 260 valence electrons. The fourth-order valence-corrected chi connectivity index (χ4v) is 7.18. The summed E-state index contributed by atoms with van der Waals surface area (Å²) in [6, 6.07) is 45.9. The zero-order valence-electron chi connectivity index (χ0n) is 28.2.